The van der Waals surface area contributed by atoms with Crippen LogP contribution in [0, 0.1) is 0 Å². The molecule has 0 radical (unpaired) electrons. The zero-order valence-electron chi connectivity index (χ0n) is 17.4. The highest BCUT2D eigenvalue weighted by Crippen LogP contribution is 2.45. The quantitative estimate of drug-likeness (QED) is 0.510. The van der Waals surface area contributed by atoms with Crippen LogP contribution in [0.25, 0.3) is 0 Å². The van der Waals surface area contributed by atoms with Gasteiger partial charge in [-0.3, -0.25) is 14.3 Å². The third-order valence-electron chi connectivity index (χ3n) is 5.08. The van der Waals surface area contributed by atoms with Crippen molar-refractivity contribution in [2.45, 2.75) is 42.0 Å². The van der Waals surface area contributed by atoms with E-state index in [4.69, 9.17) is 14.2 Å². The summed E-state index contributed by atoms with van der Waals surface area (Å²) < 4.78 is 18.1. The van der Waals surface area contributed by atoms with E-state index >= 15 is 0 Å². The SMILES string of the molecule is COc1ccc(Sc2c(C3CC3)c(=O)[nH]c(=O)n2COCc2ccccc2)c(OC)c1. The fourth-order valence-electron chi connectivity index (χ4n) is 3.32. The van der Waals surface area contributed by atoms with Gasteiger partial charge in [-0.25, -0.2) is 4.79 Å². The fourth-order valence-corrected chi connectivity index (χ4v) is 4.52. The number of rotatable bonds is 9. The van der Waals surface area contributed by atoms with Crippen molar-refractivity contribution in [3.8, 4) is 11.5 Å². The zero-order valence-corrected chi connectivity index (χ0v) is 18.2. The predicted molar refractivity (Wildman–Crippen MR) is 118 cm³/mol. The normalized spacial score (nSPS) is 13.2. The highest BCUT2D eigenvalue weighted by Gasteiger charge is 2.32. The summed E-state index contributed by atoms with van der Waals surface area (Å²) in [4.78, 5) is 28.6. The minimum Gasteiger partial charge on any atom is -0.497 e. The Kier molecular flexibility index (Phi) is 6.48. The molecule has 0 unspecified atom stereocenters. The molecule has 31 heavy (non-hydrogen) atoms. The molecule has 8 heteroatoms. The molecule has 0 bridgehead atoms. The first-order valence-corrected chi connectivity index (χ1v) is 10.8. The lowest BCUT2D eigenvalue weighted by Crippen LogP contribution is -2.34. The summed E-state index contributed by atoms with van der Waals surface area (Å²) in [5, 5.41) is 0.591. The molecule has 3 aromatic rings. The Labute approximate surface area is 184 Å². The first kappa shape index (κ1) is 21.3. The summed E-state index contributed by atoms with van der Waals surface area (Å²) in [6, 6.07) is 15.2. The van der Waals surface area contributed by atoms with Crippen LogP contribution in [-0.4, -0.2) is 23.8 Å². The van der Waals surface area contributed by atoms with E-state index in [2.05, 4.69) is 4.98 Å². The van der Waals surface area contributed by atoms with Gasteiger partial charge in [-0.2, -0.15) is 0 Å². The van der Waals surface area contributed by atoms with Crippen molar-refractivity contribution in [2.75, 3.05) is 14.2 Å². The van der Waals surface area contributed by atoms with Gasteiger partial charge in [0.05, 0.1) is 36.3 Å². The van der Waals surface area contributed by atoms with Crippen molar-refractivity contribution in [1.82, 2.24) is 9.55 Å². The van der Waals surface area contributed by atoms with E-state index in [0.717, 1.165) is 23.3 Å². The van der Waals surface area contributed by atoms with E-state index in [1.54, 1.807) is 20.3 Å². The molecule has 1 aliphatic carbocycles. The van der Waals surface area contributed by atoms with Crippen LogP contribution in [0.4, 0.5) is 0 Å². The van der Waals surface area contributed by atoms with E-state index in [-0.39, 0.29) is 18.2 Å². The van der Waals surface area contributed by atoms with E-state index < -0.39 is 5.69 Å². The Bertz CT molecular complexity index is 1170. The van der Waals surface area contributed by atoms with Gasteiger partial charge in [0.1, 0.15) is 18.2 Å². The molecule has 0 amide bonds. The van der Waals surface area contributed by atoms with Crippen molar-refractivity contribution in [3.63, 3.8) is 0 Å². The van der Waals surface area contributed by atoms with Crippen molar-refractivity contribution < 1.29 is 14.2 Å². The average Bonchev–Trinajstić information content (AvgIpc) is 3.61. The molecule has 1 aromatic heterocycles. The number of nitrogens with one attached hydrogen (secondary N) is 1. The van der Waals surface area contributed by atoms with Gasteiger partial charge in [0, 0.05) is 6.07 Å². The molecule has 4 rings (SSSR count). The van der Waals surface area contributed by atoms with E-state index in [0.29, 0.717) is 28.7 Å². The van der Waals surface area contributed by atoms with E-state index in [1.165, 1.54) is 16.3 Å². The number of hydrogen-bond acceptors (Lipinski definition) is 6. The summed E-state index contributed by atoms with van der Waals surface area (Å²) in [6.45, 7) is 0.395. The van der Waals surface area contributed by atoms with Gasteiger partial charge in [-0.1, -0.05) is 42.1 Å². The highest BCUT2D eigenvalue weighted by molar-refractivity contribution is 7.99. The van der Waals surface area contributed by atoms with Gasteiger partial charge < -0.3 is 14.2 Å². The lowest BCUT2D eigenvalue weighted by atomic mass is 10.2. The molecule has 162 valence electrons. The number of nitrogens with zero attached hydrogens (tertiary/aromatic N) is 1. The number of benzene rings is 2. The molecule has 1 heterocycles. The lowest BCUT2D eigenvalue weighted by molar-refractivity contribution is 0.0550. The number of ether oxygens (including phenoxy) is 3. The third-order valence-corrected chi connectivity index (χ3v) is 6.27. The molecule has 1 aliphatic rings. The van der Waals surface area contributed by atoms with Gasteiger partial charge in [0.2, 0.25) is 0 Å². The maximum absolute atomic E-state index is 12.7. The van der Waals surface area contributed by atoms with Crippen LogP contribution < -0.4 is 20.7 Å². The molecule has 1 saturated carbocycles. The summed E-state index contributed by atoms with van der Waals surface area (Å²) in [6.07, 6.45) is 1.86. The molecule has 0 aliphatic heterocycles. The van der Waals surface area contributed by atoms with E-state index in [1.807, 2.05) is 42.5 Å². The van der Waals surface area contributed by atoms with Crippen molar-refractivity contribution in [1.29, 1.82) is 0 Å². The number of methoxy groups -OCH3 is 2. The number of aromatic nitrogens is 2. The highest BCUT2D eigenvalue weighted by atomic mass is 32.2. The zero-order chi connectivity index (χ0) is 21.8. The molecule has 1 N–H and O–H groups in total. The average molecular weight is 441 g/mol. The number of aromatic amines is 1. The molecule has 0 saturated heterocycles. The summed E-state index contributed by atoms with van der Waals surface area (Å²) in [5.41, 5.74) is 0.818. The standard InChI is InChI=1S/C23H24N2O5S/c1-28-17-10-11-19(18(12-17)29-2)31-22-20(16-8-9-16)21(26)24-23(27)25(22)14-30-13-15-6-4-3-5-7-15/h3-7,10-12,16H,8-9,13-14H2,1-2H3,(H,24,26,27). The van der Waals surface area contributed by atoms with Gasteiger partial charge in [0.15, 0.2) is 0 Å². The molecular weight excluding hydrogens is 416 g/mol. The molecule has 1 fully saturated rings. The van der Waals surface area contributed by atoms with Gasteiger partial charge >= 0.3 is 5.69 Å². The Balaban J connectivity index is 1.69. The topological polar surface area (TPSA) is 82.6 Å². The molecule has 0 atom stereocenters. The van der Waals surface area contributed by atoms with Crippen molar-refractivity contribution in [3.05, 3.63) is 80.5 Å². The lowest BCUT2D eigenvalue weighted by Gasteiger charge is -2.17. The Morgan fingerprint density at radius 1 is 1.06 bits per heavy atom. The minimum atomic E-state index is -0.488. The fraction of sp³-hybridized carbons (Fsp3) is 0.304. The second-order valence-corrected chi connectivity index (χ2v) is 8.29. The van der Waals surface area contributed by atoms with Gasteiger partial charge in [-0.05, 0) is 36.5 Å². The number of H-pyrrole nitrogens is 1. The van der Waals surface area contributed by atoms with Gasteiger partial charge in [-0.15, -0.1) is 0 Å². The first-order chi connectivity index (χ1) is 15.1. The Morgan fingerprint density at radius 3 is 2.52 bits per heavy atom. The molecule has 7 nitrogen and oxygen atoms in total. The largest absolute Gasteiger partial charge is 0.497 e. The van der Waals surface area contributed by atoms with Crippen LogP contribution in [0.3, 0.4) is 0 Å². The Hall–Kier alpha value is -2.97. The first-order valence-electron chi connectivity index (χ1n) is 9.99. The summed E-state index contributed by atoms with van der Waals surface area (Å²) >= 11 is 1.34. The third kappa shape index (κ3) is 4.86. The van der Waals surface area contributed by atoms with Crippen LogP contribution in [-0.2, 0) is 18.1 Å². The van der Waals surface area contributed by atoms with Crippen LogP contribution in [0.5, 0.6) is 11.5 Å². The molecular formula is C23H24N2O5S. The van der Waals surface area contributed by atoms with Crippen LogP contribution in [0.1, 0.15) is 29.9 Å². The second kappa shape index (κ2) is 9.45. The Morgan fingerprint density at radius 2 is 1.84 bits per heavy atom. The summed E-state index contributed by atoms with van der Waals surface area (Å²) in [7, 11) is 3.17. The molecule has 2 aromatic carbocycles. The maximum atomic E-state index is 12.7. The predicted octanol–water partition coefficient (Wildman–Crippen LogP) is 3.76. The number of hydrogen-bond donors (Lipinski definition) is 1. The van der Waals surface area contributed by atoms with E-state index in [9.17, 15) is 9.59 Å². The minimum absolute atomic E-state index is 0.0328. The monoisotopic (exact) mass is 440 g/mol. The van der Waals surface area contributed by atoms with Crippen molar-refractivity contribution >= 4 is 11.8 Å². The van der Waals surface area contributed by atoms with Crippen LogP contribution in [0.2, 0.25) is 0 Å². The second-order valence-electron chi connectivity index (χ2n) is 7.26. The summed E-state index contributed by atoms with van der Waals surface area (Å²) in [5.74, 6) is 1.42. The van der Waals surface area contributed by atoms with Crippen molar-refractivity contribution in [2.24, 2.45) is 0 Å². The molecule has 0 spiro atoms. The van der Waals surface area contributed by atoms with Crippen LogP contribution >= 0.6 is 11.8 Å². The van der Waals surface area contributed by atoms with Gasteiger partial charge in [0.25, 0.3) is 5.56 Å². The van der Waals surface area contributed by atoms with Crippen LogP contribution in [0.15, 0.2) is 68.0 Å². The smallest absolute Gasteiger partial charge is 0.331 e. The maximum Gasteiger partial charge on any atom is 0.331 e.